The van der Waals surface area contributed by atoms with Crippen LogP contribution >= 0.6 is 0 Å². The van der Waals surface area contributed by atoms with E-state index >= 15 is 0 Å². The highest BCUT2D eigenvalue weighted by Gasteiger charge is 2.25. The summed E-state index contributed by atoms with van der Waals surface area (Å²) in [5.41, 5.74) is 0.667. The fourth-order valence-corrected chi connectivity index (χ4v) is 2.99. The van der Waals surface area contributed by atoms with Gasteiger partial charge in [-0.3, -0.25) is 14.5 Å². The van der Waals surface area contributed by atoms with Crippen LogP contribution in [0.15, 0.2) is 24.3 Å². The van der Waals surface area contributed by atoms with Gasteiger partial charge in [-0.2, -0.15) is 0 Å². The molecule has 1 aliphatic heterocycles. The van der Waals surface area contributed by atoms with Crippen LogP contribution in [0.25, 0.3) is 0 Å². The molecule has 1 atom stereocenters. The minimum atomic E-state index is -0.751. The lowest BCUT2D eigenvalue weighted by atomic mass is 10.1. The van der Waals surface area contributed by atoms with Crippen molar-refractivity contribution in [3.8, 4) is 5.75 Å². The highest BCUT2D eigenvalue weighted by atomic mass is 16.5. The van der Waals surface area contributed by atoms with Gasteiger partial charge in [0.2, 0.25) is 0 Å². The van der Waals surface area contributed by atoms with Crippen molar-refractivity contribution in [3.63, 3.8) is 0 Å². The highest BCUT2D eigenvalue weighted by Crippen LogP contribution is 2.22. The summed E-state index contributed by atoms with van der Waals surface area (Å²) < 4.78 is 5.14. The van der Waals surface area contributed by atoms with E-state index in [0.717, 1.165) is 19.4 Å². The quantitative estimate of drug-likeness (QED) is 0.748. The normalized spacial score (nSPS) is 18.3. The van der Waals surface area contributed by atoms with Gasteiger partial charge in [-0.05, 0) is 37.9 Å². The number of ether oxygens (including phenoxy) is 1. The van der Waals surface area contributed by atoms with E-state index in [1.54, 1.807) is 19.2 Å². The number of carbonyl (C=O) groups is 2. The van der Waals surface area contributed by atoms with Gasteiger partial charge in [0.1, 0.15) is 5.75 Å². The lowest BCUT2D eigenvalue weighted by Crippen LogP contribution is -2.32. The predicted molar refractivity (Wildman–Crippen MR) is 83.4 cm³/mol. The molecule has 0 saturated carbocycles. The molecule has 1 aliphatic rings. The number of rotatable bonds is 8. The minimum absolute atomic E-state index is 0.0998. The van der Waals surface area contributed by atoms with Gasteiger partial charge >= 0.3 is 5.97 Å². The molecule has 1 saturated heterocycles. The van der Waals surface area contributed by atoms with Crippen LogP contribution in [0.5, 0.6) is 5.75 Å². The number of aliphatic carboxylic acids is 1. The molecule has 5 nitrogen and oxygen atoms in total. The molecule has 2 rings (SSSR count). The molecule has 1 fully saturated rings. The van der Waals surface area contributed by atoms with Crippen molar-refractivity contribution < 1.29 is 19.4 Å². The molecule has 1 unspecified atom stereocenters. The summed E-state index contributed by atoms with van der Waals surface area (Å²) in [5.74, 6) is 0.0356. The summed E-state index contributed by atoms with van der Waals surface area (Å²) in [6, 6.07) is 7.50. The molecule has 0 radical (unpaired) electrons. The number of carboxylic acid groups (broad SMARTS) is 1. The Bertz CT molecular complexity index is 529. The summed E-state index contributed by atoms with van der Waals surface area (Å²) in [5, 5.41) is 8.79. The van der Waals surface area contributed by atoms with Gasteiger partial charge in [0, 0.05) is 31.0 Å². The summed E-state index contributed by atoms with van der Waals surface area (Å²) in [6.45, 7) is 1.65. The Balaban J connectivity index is 1.85. The average Bonchev–Trinajstić information content (AvgIpc) is 2.98. The summed E-state index contributed by atoms with van der Waals surface area (Å²) in [7, 11) is 1.58. The van der Waals surface area contributed by atoms with Gasteiger partial charge in [-0.1, -0.05) is 12.1 Å². The van der Waals surface area contributed by atoms with Gasteiger partial charge in [-0.15, -0.1) is 0 Å². The molecular weight excluding hydrogens is 282 g/mol. The Hall–Kier alpha value is -1.88. The second-order valence-corrected chi connectivity index (χ2v) is 5.67. The number of hydrogen-bond acceptors (Lipinski definition) is 4. The highest BCUT2D eigenvalue weighted by molar-refractivity contribution is 5.96. The van der Waals surface area contributed by atoms with Crippen LogP contribution in [0.1, 0.15) is 42.5 Å². The monoisotopic (exact) mass is 305 g/mol. The number of likely N-dealkylation sites (tertiary alicyclic amines) is 1. The molecule has 0 bridgehead atoms. The number of benzene rings is 1. The van der Waals surface area contributed by atoms with Gasteiger partial charge in [0.25, 0.3) is 0 Å². The van der Waals surface area contributed by atoms with E-state index < -0.39 is 5.97 Å². The average molecular weight is 305 g/mol. The number of Topliss-reactive ketones (excluding diaryl/α,β-unsaturated/α-hetero) is 1. The molecule has 1 heterocycles. The fraction of sp³-hybridized carbons (Fsp3) is 0.529. The van der Waals surface area contributed by atoms with Crippen molar-refractivity contribution in [1.29, 1.82) is 0 Å². The smallest absolute Gasteiger partial charge is 0.303 e. The first-order chi connectivity index (χ1) is 10.6. The number of nitrogens with zero attached hydrogens (tertiary/aromatic N) is 1. The molecule has 0 spiro atoms. The van der Waals surface area contributed by atoms with E-state index in [9.17, 15) is 9.59 Å². The summed E-state index contributed by atoms with van der Waals surface area (Å²) in [4.78, 5) is 25.2. The molecule has 120 valence electrons. The second kappa shape index (κ2) is 7.94. The SMILES string of the molecule is COc1cccc(C(=O)CCN2CCCC2CCC(=O)O)c1. The zero-order valence-electron chi connectivity index (χ0n) is 13.0. The van der Waals surface area contributed by atoms with Gasteiger partial charge in [-0.25, -0.2) is 0 Å². The maximum absolute atomic E-state index is 12.3. The lowest BCUT2D eigenvalue weighted by Gasteiger charge is -2.23. The molecule has 0 aliphatic carbocycles. The topological polar surface area (TPSA) is 66.8 Å². The minimum Gasteiger partial charge on any atom is -0.497 e. The van der Waals surface area contributed by atoms with Crippen molar-refractivity contribution >= 4 is 11.8 Å². The summed E-state index contributed by atoms with van der Waals surface area (Å²) >= 11 is 0. The molecule has 5 heteroatoms. The molecule has 1 aromatic carbocycles. The van der Waals surface area contributed by atoms with E-state index in [0.29, 0.717) is 36.7 Å². The van der Waals surface area contributed by atoms with Crippen LogP contribution in [-0.2, 0) is 4.79 Å². The Morgan fingerprint density at radius 3 is 2.91 bits per heavy atom. The Morgan fingerprint density at radius 2 is 2.18 bits per heavy atom. The van der Waals surface area contributed by atoms with E-state index in [2.05, 4.69) is 4.90 Å². The maximum atomic E-state index is 12.3. The van der Waals surface area contributed by atoms with Crippen LogP contribution in [-0.4, -0.2) is 48.0 Å². The molecule has 0 amide bonds. The van der Waals surface area contributed by atoms with Crippen LogP contribution in [0.3, 0.4) is 0 Å². The zero-order valence-corrected chi connectivity index (χ0v) is 13.0. The number of carboxylic acids is 1. The Kier molecular flexibility index (Phi) is 5.95. The van der Waals surface area contributed by atoms with Crippen LogP contribution in [0.2, 0.25) is 0 Å². The van der Waals surface area contributed by atoms with E-state index in [4.69, 9.17) is 9.84 Å². The largest absolute Gasteiger partial charge is 0.497 e. The van der Waals surface area contributed by atoms with Crippen LogP contribution in [0, 0.1) is 0 Å². The fourth-order valence-electron chi connectivity index (χ4n) is 2.99. The first kappa shape index (κ1) is 16.5. The Morgan fingerprint density at radius 1 is 1.36 bits per heavy atom. The second-order valence-electron chi connectivity index (χ2n) is 5.67. The van der Waals surface area contributed by atoms with E-state index in [1.165, 1.54) is 0 Å². The molecule has 1 N–H and O–H groups in total. The number of methoxy groups -OCH3 is 1. The summed E-state index contributed by atoms with van der Waals surface area (Å²) in [6.07, 6.45) is 3.43. The van der Waals surface area contributed by atoms with Crippen LogP contribution in [0.4, 0.5) is 0 Å². The molecule has 1 aromatic rings. The molecular formula is C17H23NO4. The lowest BCUT2D eigenvalue weighted by molar-refractivity contribution is -0.137. The third-order valence-electron chi connectivity index (χ3n) is 4.21. The third-order valence-corrected chi connectivity index (χ3v) is 4.21. The number of ketones is 1. The number of hydrogen-bond donors (Lipinski definition) is 1. The van der Waals surface area contributed by atoms with Crippen molar-refractivity contribution in [1.82, 2.24) is 4.90 Å². The Labute approximate surface area is 130 Å². The third kappa shape index (κ3) is 4.56. The van der Waals surface area contributed by atoms with Crippen LogP contribution < -0.4 is 4.74 Å². The first-order valence-electron chi connectivity index (χ1n) is 7.73. The number of carbonyl (C=O) groups excluding carboxylic acids is 1. The van der Waals surface area contributed by atoms with Gasteiger partial charge in [0.15, 0.2) is 5.78 Å². The maximum Gasteiger partial charge on any atom is 0.303 e. The first-order valence-corrected chi connectivity index (χ1v) is 7.73. The standard InChI is InChI=1S/C17H23NO4/c1-22-15-6-2-4-13(12-15)16(19)9-11-18-10-3-5-14(18)7-8-17(20)21/h2,4,6,12,14H,3,5,7-11H2,1H3,(H,20,21). The van der Waals surface area contributed by atoms with E-state index in [-0.39, 0.29) is 12.2 Å². The van der Waals surface area contributed by atoms with Crippen molar-refractivity contribution in [3.05, 3.63) is 29.8 Å². The molecule has 22 heavy (non-hydrogen) atoms. The van der Waals surface area contributed by atoms with Gasteiger partial charge < -0.3 is 9.84 Å². The molecule has 0 aromatic heterocycles. The van der Waals surface area contributed by atoms with Crippen molar-refractivity contribution in [2.45, 2.75) is 38.1 Å². The van der Waals surface area contributed by atoms with Crippen molar-refractivity contribution in [2.24, 2.45) is 0 Å². The van der Waals surface area contributed by atoms with Crippen molar-refractivity contribution in [2.75, 3.05) is 20.2 Å². The van der Waals surface area contributed by atoms with E-state index in [1.807, 2.05) is 12.1 Å². The van der Waals surface area contributed by atoms with Gasteiger partial charge in [0.05, 0.1) is 7.11 Å². The zero-order chi connectivity index (χ0) is 15.9. The predicted octanol–water partition coefficient (Wildman–Crippen LogP) is 2.60.